The summed E-state index contributed by atoms with van der Waals surface area (Å²) in [5.41, 5.74) is 3.13. The van der Waals surface area contributed by atoms with E-state index in [9.17, 15) is 14.4 Å². The van der Waals surface area contributed by atoms with Gasteiger partial charge < -0.3 is 20.3 Å². The number of nitrogens with one attached hydrogen (secondary N) is 2. The lowest BCUT2D eigenvalue weighted by Crippen LogP contribution is -2.57. The molecule has 0 bridgehead atoms. The molecule has 7 nitrogen and oxygen atoms in total. The number of benzene rings is 2. The minimum atomic E-state index is -0.873. The Kier molecular flexibility index (Phi) is 10.9. The molecule has 38 heavy (non-hydrogen) atoms. The van der Waals surface area contributed by atoms with Gasteiger partial charge in [-0.3, -0.25) is 9.59 Å². The Bertz CT molecular complexity index is 1090. The van der Waals surface area contributed by atoms with Gasteiger partial charge in [0.05, 0.1) is 0 Å². The minimum absolute atomic E-state index is 0.227. The largest absolute Gasteiger partial charge is 0.444 e. The molecular formula is C31H45N3O4. The van der Waals surface area contributed by atoms with Crippen molar-refractivity contribution in [3.05, 3.63) is 70.8 Å². The molecule has 2 rings (SSSR count). The van der Waals surface area contributed by atoms with Crippen LogP contribution < -0.4 is 10.6 Å². The van der Waals surface area contributed by atoms with Crippen molar-refractivity contribution in [2.24, 2.45) is 5.92 Å². The fourth-order valence-corrected chi connectivity index (χ4v) is 4.16. The predicted octanol–water partition coefficient (Wildman–Crippen LogP) is 5.84. The molecule has 0 saturated carbocycles. The second kappa shape index (κ2) is 13.4. The summed E-state index contributed by atoms with van der Waals surface area (Å²) in [5.74, 6) is -0.821. The monoisotopic (exact) mass is 523 g/mol. The van der Waals surface area contributed by atoms with E-state index in [0.29, 0.717) is 13.0 Å². The van der Waals surface area contributed by atoms with Crippen LogP contribution >= 0.6 is 0 Å². The molecule has 3 amide bonds. The average molecular weight is 524 g/mol. The first-order chi connectivity index (χ1) is 17.7. The SMILES string of the molecule is CCC(C)N(C(=O)C(NC(=O)OC(C)(C)C)C(C)C)C(C(=O)NCc1ccccc1)c1ccc(C)c(C)c1. The van der Waals surface area contributed by atoms with E-state index < -0.39 is 23.8 Å². The number of alkyl carbamates (subject to hydrolysis) is 1. The Hall–Kier alpha value is -3.35. The van der Waals surface area contributed by atoms with Crippen LogP contribution in [0.3, 0.4) is 0 Å². The molecule has 0 spiro atoms. The molecule has 3 unspecified atom stereocenters. The maximum atomic E-state index is 14.2. The first-order valence-electron chi connectivity index (χ1n) is 13.5. The van der Waals surface area contributed by atoms with Gasteiger partial charge in [-0.1, -0.05) is 69.3 Å². The standard InChI is InChI=1S/C31H45N3O4/c1-10-23(6)34(29(36)26(20(2)3)33-30(37)38-31(7,8)9)27(25-17-16-21(4)22(5)18-25)28(35)32-19-24-14-12-11-13-15-24/h11-18,20,23,26-27H,10,19H2,1-9H3,(H,32,35)(H,33,37). The molecule has 0 aliphatic carbocycles. The summed E-state index contributed by atoms with van der Waals surface area (Å²) in [7, 11) is 0. The van der Waals surface area contributed by atoms with E-state index in [1.807, 2.05) is 90.1 Å². The van der Waals surface area contributed by atoms with E-state index in [1.165, 1.54) is 0 Å². The molecule has 7 heteroatoms. The lowest BCUT2D eigenvalue weighted by molar-refractivity contribution is -0.146. The van der Waals surface area contributed by atoms with Gasteiger partial charge >= 0.3 is 6.09 Å². The van der Waals surface area contributed by atoms with Crippen LogP contribution in [0.15, 0.2) is 48.5 Å². The van der Waals surface area contributed by atoms with Crippen molar-refractivity contribution >= 4 is 17.9 Å². The minimum Gasteiger partial charge on any atom is -0.444 e. The predicted molar refractivity (Wildman–Crippen MR) is 152 cm³/mol. The Balaban J connectivity index is 2.52. The van der Waals surface area contributed by atoms with Crippen LogP contribution in [0.25, 0.3) is 0 Å². The molecule has 2 aromatic rings. The van der Waals surface area contributed by atoms with Crippen LogP contribution in [-0.2, 0) is 20.9 Å². The van der Waals surface area contributed by atoms with Gasteiger partial charge in [-0.15, -0.1) is 0 Å². The van der Waals surface area contributed by atoms with Crippen molar-refractivity contribution in [1.82, 2.24) is 15.5 Å². The molecule has 2 N–H and O–H groups in total. The van der Waals surface area contributed by atoms with Gasteiger partial charge in [-0.05, 0) is 76.1 Å². The van der Waals surface area contributed by atoms with Gasteiger partial charge in [-0.2, -0.15) is 0 Å². The quantitative estimate of drug-likeness (QED) is 0.410. The molecule has 0 aliphatic rings. The molecule has 0 radical (unpaired) electrons. The third-order valence-corrected chi connectivity index (χ3v) is 6.61. The number of carbonyl (C=O) groups is 3. The van der Waals surface area contributed by atoms with E-state index in [-0.39, 0.29) is 23.8 Å². The maximum Gasteiger partial charge on any atom is 0.408 e. The highest BCUT2D eigenvalue weighted by molar-refractivity contribution is 5.92. The van der Waals surface area contributed by atoms with Gasteiger partial charge in [0.2, 0.25) is 11.8 Å². The lowest BCUT2D eigenvalue weighted by Gasteiger charge is -2.39. The normalized spacial score (nSPS) is 13.8. The molecule has 0 fully saturated rings. The van der Waals surface area contributed by atoms with Crippen LogP contribution in [0, 0.1) is 19.8 Å². The van der Waals surface area contributed by atoms with Crippen molar-refractivity contribution in [2.75, 3.05) is 0 Å². The average Bonchev–Trinajstić information content (AvgIpc) is 2.84. The van der Waals surface area contributed by atoms with Crippen LogP contribution in [0.1, 0.15) is 83.2 Å². The van der Waals surface area contributed by atoms with E-state index in [1.54, 1.807) is 25.7 Å². The second-order valence-corrected chi connectivity index (χ2v) is 11.3. The van der Waals surface area contributed by atoms with Gasteiger partial charge in [0.15, 0.2) is 0 Å². The van der Waals surface area contributed by atoms with Crippen molar-refractivity contribution in [3.8, 4) is 0 Å². The zero-order valence-corrected chi connectivity index (χ0v) is 24.4. The van der Waals surface area contributed by atoms with Crippen LogP contribution in [0.5, 0.6) is 0 Å². The summed E-state index contributed by atoms with van der Waals surface area (Å²) in [6, 6.07) is 13.5. The fraction of sp³-hybridized carbons (Fsp3) is 0.516. The first-order valence-corrected chi connectivity index (χ1v) is 13.5. The number of carbonyl (C=O) groups excluding carboxylic acids is 3. The lowest BCUT2D eigenvalue weighted by atomic mass is 9.95. The third-order valence-electron chi connectivity index (χ3n) is 6.61. The fourth-order valence-electron chi connectivity index (χ4n) is 4.16. The molecular weight excluding hydrogens is 478 g/mol. The molecule has 0 saturated heterocycles. The van der Waals surface area contributed by atoms with Crippen molar-refractivity contribution in [3.63, 3.8) is 0 Å². The number of aryl methyl sites for hydroxylation is 2. The summed E-state index contributed by atoms with van der Waals surface area (Å²) < 4.78 is 5.44. The summed E-state index contributed by atoms with van der Waals surface area (Å²) in [5, 5.41) is 5.81. The molecule has 0 aromatic heterocycles. The first kappa shape index (κ1) is 30.9. The van der Waals surface area contributed by atoms with E-state index in [2.05, 4.69) is 10.6 Å². The van der Waals surface area contributed by atoms with Crippen LogP contribution in [0.4, 0.5) is 4.79 Å². The summed E-state index contributed by atoms with van der Waals surface area (Å²) >= 11 is 0. The Morgan fingerprint density at radius 2 is 1.58 bits per heavy atom. The number of rotatable bonds is 10. The Labute approximate surface area is 228 Å². The van der Waals surface area contributed by atoms with Gasteiger partial charge in [-0.25, -0.2) is 4.79 Å². The van der Waals surface area contributed by atoms with Gasteiger partial charge in [0.1, 0.15) is 17.7 Å². The highest BCUT2D eigenvalue weighted by Gasteiger charge is 2.39. The van der Waals surface area contributed by atoms with Crippen LogP contribution in [0.2, 0.25) is 0 Å². The molecule has 2 aromatic carbocycles. The number of hydrogen-bond acceptors (Lipinski definition) is 4. The van der Waals surface area contributed by atoms with E-state index in [0.717, 1.165) is 22.3 Å². The molecule has 0 aliphatic heterocycles. The molecule has 3 atom stereocenters. The number of nitrogens with zero attached hydrogens (tertiary/aromatic N) is 1. The summed E-state index contributed by atoms with van der Waals surface area (Å²) in [4.78, 5) is 42.4. The topological polar surface area (TPSA) is 87.7 Å². The Morgan fingerprint density at radius 3 is 2.11 bits per heavy atom. The molecule has 0 heterocycles. The highest BCUT2D eigenvalue weighted by atomic mass is 16.6. The van der Waals surface area contributed by atoms with Crippen molar-refractivity contribution < 1.29 is 19.1 Å². The zero-order valence-electron chi connectivity index (χ0n) is 24.4. The van der Waals surface area contributed by atoms with Crippen LogP contribution in [-0.4, -0.2) is 40.5 Å². The number of hydrogen-bond donors (Lipinski definition) is 2. The van der Waals surface area contributed by atoms with E-state index >= 15 is 0 Å². The summed E-state index contributed by atoms with van der Waals surface area (Å²) in [6.45, 7) is 17.3. The number of amides is 3. The summed E-state index contributed by atoms with van der Waals surface area (Å²) in [6.07, 6.45) is -0.0269. The second-order valence-electron chi connectivity index (χ2n) is 11.3. The highest BCUT2D eigenvalue weighted by Crippen LogP contribution is 2.29. The number of ether oxygens (including phenoxy) is 1. The van der Waals surface area contributed by atoms with Gasteiger partial charge in [0, 0.05) is 12.6 Å². The maximum absolute atomic E-state index is 14.2. The van der Waals surface area contributed by atoms with Crippen molar-refractivity contribution in [1.29, 1.82) is 0 Å². The third kappa shape index (κ3) is 8.61. The molecule has 208 valence electrons. The zero-order chi connectivity index (χ0) is 28.6. The van der Waals surface area contributed by atoms with Gasteiger partial charge in [0.25, 0.3) is 0 Å². The van der Waals surface area contributed by atoms with E-state index in [4.69, 9.17) is 4.74 Å². The smallest absolute Gasteiger partial charge is 0.408 e. The Morgan fingerprint density at radius 1 is 0.947 bits per heavy atom. The van der Waals surface area contributed by atoms with Crippen molar-refractivity contribution in [2.45, 2.75) is 99.0 Å².